The molecular weight excluding hydrogens is 338 g/mol. The van der Waals surface area contributed by atoms with Crippen molar-refractivity contribution in [2.24, 2.45) is 4.99 Å². The zero-order valence-electron chi connectivity index (χ0n) is 15.3. The van der Waals surface area contributed by atoms with Crippen molar-refractivity contribution in [1.29, 1.82) is 0 Å². The van der Waals surface area contributed by atoms with Gasteiger partial charge < -0.3 is 5.32 Å². The Bertz CT molecular complexity index is 1040. The third-order valence-corrected chi connectivity index (χ3v) is 4.50. The Labute approximate surface area is 157 Å². The summed E-state index contributed by atoms with van der Waals surface area (Å²) in [4.78, 5) is 21.8. The molecule has 2 heterocycles. The van der Waals surface area contributed by atoms with Crippen LogP contribution in [-0.4, -0.2) is 15.5 Å². The number of anilines is 1. The minimum Gasteiger partial charge on any atom is -0.331 e. The number of fused-ring (bicyclic) bond motifs is 1. The fraction of sp³-hybridized carbons (Fsp3) is 0.190. The van der Waals surface area contributed by atoms with Crippen LogP contribution in [0.5, 0.6) is 0 Å². The highest BCUT2D eigenvalue weighted by atomic mass is 16.1. The van der Waals surface area contributed by atoms with Gasteiger partial charge in [0.05, 0.1) is 6.54 Å². The third-order valence-electron chi connectivity index (χ3n) is 4.50. The predicted octanol–water partition coefficient (Wildman–Crippen LogP) is 2.98. The molecule has 1 aliphatic heterocycles. The Morgan fingerprint density at radius 1 is 1.07 bits per heavy atom. The van der Waals surface area contributed by atoms with Crippen LogP contribution in [0.3, 0.4) is 0 Å². The summed E-state index contributed by atoms with van der Waals surface area (Å²) in [5, 5.41) is 6.49. The second kappa shape index (κ2) is 7.07. The van der Waals surface area contributed by atoms with Crippen molar-refractivity contribution in [3.63, 3.8) is 0 Å². The van der Waals surface area contributed by atoms with Gasteiger partial charge in [0.15, 0.2) is 5.96 Å². The van der Waals surface area contributed by atoms with E-state index in [0.29, 0.717) is 24.1 Å². The van der Waals surface area contributed by atoms with E-state index in [1.54, 1.807) is 10.6 Å². The molecule has 0 spiro atoms. The fourth-order valence-corrected chi connectivity index (χ4v) is 3.10. The van der Waals surface area contributed by atoms with Gasteiger partial charge in [0.1, 0.15) is 6.17 Å². The summed E-state index contributed by atoms with van der Waals surface area (Å²) in [6.45, 7) is 4.39. The van der Waals surface area contributed by atoms with E-state index in [0.717, 1.165) is 11.1 Å². The standard InChI is InChI=1S/C21H21N5O/c1-14-8-10-17(11-9-14)19-24-20(22-13-16-6-4-3-5-7-16)25-21-23-15(2)12-18(27)26(19)21/h3-12,19H,13H2,1-2H3,(H2,22,23,24,25)/t19-/m0/s1. The van der Waals surface area contributed by atoms with Gasteiger partial charge in [-0.2, -0.15) is 0 Å². The van der Waals surface area contributed by atoms with Crippen LogP contribution in [0.1, 0.15) is 28.6 Å². The molecule has 27 heavy (non-hydrogen) atoms. The van der Waals surface area contributed by atoms with E-state index in [2.05, 4.69) is 20.6 Å². The SMILES string of the molecule is Cc1ccc([C@H]2NC(=NCc3ccccc3)Nc3nc(C)cc(=O)n32)cc1. The first-order chi connectivity index (χ1) is 13.1. The van der Waals surface area contributed by atoms with Gasteiger partial charge in [-0.3, -0.25) is 14.7 Å². The molecule has 0 amide bonds. The largest absolute Gasteiger partial charge is 0.331 e. The van der Waals surface area contributed by atoms with Crippen LogP contribution in [0.4, 0.5) is 5.95 Å². The first kappa shape index (κ1) is 17.0. The van der Waals surface area contributed by atoms with Crippen molar-refractivity contribution in [3.8, 4) is 0 Å². The van der Waals surface area contributed by atoms with Crippen molar-refractivity contribution in [2.75, 3.05) is 5.32 Å². The van der Waals surface area contributed by atoms with Crippen molar-refractivity contribution in [1.82, 2.24) is 14.9 Å². The summed E-state index contributed by atoms with van der Waals surface area (Å²) in [6, 6.07) is 19.7. The van der Waals surface area contributed by atoms with Crippen molar-refractivity contribution in [2.45, 2.75) is 26.6 Å². The molecule has 4 rings (SSSR count). The van der Waals surface area contributed by atoms with E-state index >= 15 is 0 Å². The maximum absolute atomic E-state index is 12.6. The molecule has 0 fully saturated rings. The van der Waals surface area contributed by atoms with E-state index in [9.17, 15) is 4.79 Å². The highest BCUT2D eigenvalue weighted by Crippen LogP contribution is 2.22. The number of nitrogens with zero attached hydrogens (tertiary/aromatic N) is 3. The number of aliphatic imine (C=N–C) groups is 1. The van der Waals surface area contributed by atoms with Gasteiger partial charge in [0.2, 0.25) is 5.95 Å². The van der Waals surface area contributed by atoms with E-state index < -0.39 is 0 Å². The van der Waals surface area contributed by atoms with Crippen LogP contribution < -0.4 is 16.2 Å². The van der Waals surface area contributed by atoms with Crippen molar-refractivity contribution >= 4 is 11.9 Å². The van der Waals surface area contributed by atoms with E-state index in [1.165, 1.54) is 5.56 Å². The second-order valence-electron chi connectivity index (χ2n) is 6.66. The van der Waals surface area contributed by atoms with Gasteiger partial charge in [-0.05, 0) is 25.0 Å². The Kier molecular flexibility index (Phi) is 4.46. The summed E-state index contributed by atoms with van der Waals surface area (Å²) in [5.41, 5.74) is 3.82. The Morgan fingerprint density at radius 3 is 2.56 bits per heavy atom. The second-order valence-corrected chi connectivity index (χ2v) is 6.66. The predicted molar refractivity (Wildman–Crippen MR) is 107 cm³/mol. The molecule has 136 valence electrons. The highest BCUT2D eigenvalue weighted by molar-refractivity contribution is 5.93. The molecule has 3 aromatic rings. The zero-order chi connectivity index (χ0) is 18.8. The summed E-state index contributed by atoms with van der Waals surface area (Å²) < 4.78 is 1.62. The Hall–Kier alpha value is -3.41. The van der Waals surface area contributed by atoms with Gasteiger partial charge in [0.25, 0.3) is 5.56 Å². The molecule has 0 saturated carbocycles. The molecular formula is C21H21N5O. The molecule has 1 aromatic heterocycles. The summed E-state index contributed by atoms with van der Waals surface area (Å²) in [6.07, 6.45) is -0.364. The molecule has 0 unspecified atom stereocenters. The molecule has 0 saturated heterocycles. The van der Waals surface area contributed by atoms with E-state index in [4.69, 9.17) is 0 Å². The molecule has 6 heteroatoms. The van der Waals surface area contributed by atoms with Crippen LogP contribution >= 0.6 is 0 Å². The van der Waals surface area contributed by atoms with Gasteiger partial charge in [-0.1, -0.05) is 60.2 Å². The van der Waals surface area contributed by atoms with Gasteiger partial charge in [0, 0.05) is 11.8 Å². The number of nitrogens with one attached hydrogen (secondary N) is 2. The number of benzene rings is 2. The minimum absolute atomic E-state index is 0.106. The molecule has 0 aliphatic carbocycles. The Balaban J connectivity index is 1.74. The van der Waals surface area contributed by atoms with E-state index in [1.807, 2.05) is 68.4 Å². The maximum Gasteiger partial charge on any atom is 0.257 e. The highest BCUT2D eigenvalue weighted by Gasteiger charge is 2.26. The Morgan fingerprint density at radius 2 is 1.81 bits per heavy atom. The molecule has 0 radical (unpaired) electrons. The van der Waals surface area contributed by atoms with E-state index in [-0.39, 0.29) is 11.7 Å². The van der Waals surface area contributed by atoms with Crippen molar-refractivity contribution in [3.05, 3.63) is 93.4 Å². The molecule has 0 bridgehead atoms. The average molecular weight is 359 g/mol. The van der Waals surface area contributed by atoms with Crippen LogP contribution in [0.15, 0.2) is 70.5 Å². The first-order valence-corrected chi connectivity index (χ1v) is 8.89. The minimum atomic E-state index is -0.364. The number of hydrogen-bond donors (Lipinski definition) is 2. The third kappa shape index (κ3) is 3.60. The lowest BCUT2D eigenvalue weighted by Crippen LogP contribution is -2.48. The van der Waals surface area contributed by atoms with Crippen molar-refractivity contribution < 1.29 is 0 Å². The normalized spacial score (nSPS) is 17.1. The smallest absolute Gasteiger partial charge is 0.257 e. The lowest BCUT2D eigenvalue weighted by molar-refractivity contribution is 0.514. The maximum atomic E-state index is 12.6. The van der Waals surface area contributed by atoms with Gasteiger partial charge in [-0.25, -0.2) is 9.98 Å². The number of guanidine groups is 1. The average Bonchev–Trinajstić information content (AvgIpc) is 2.67. The zero-order valence-corrected chi connectivity index (χ0v) is 15.3. The number of hydrogen-bond acceptors (Lipinski definition) is 3. The number of aryl methyl sites for hydroxylation is 2. The fourth-order valence-electron chi connectivity index (χ4n) is 3.10. The molecule has 6 nitrogen and oxygen atoms in total. The summed E-state index contributed by atoms with van der Waals surface area (Å²) in [7, 11) is 0. The van der Waals surface area contributed by atoms with Gasteiger partial charge >= 0.3 is 0 Å². The molecule has 2 aromatic carbocycles. The quantitative estimate of drug-likeness (QED) is 0.754. The lowest BCUT2D eigenvalue weighted by atomic mass is 10.1. The van der Waals surface area contributed by atoms with Gasteiger partial charge in [-0.15, -0.1) is 0 Å². The van der Waals surface area contributed by atoms with Crippen LogP contribution in [0.2, 0.25) is 0 Å². The summed E-state index contributed by atoms with van der Waals surface area (Å²) >= 11 is 0. The number of rotatable bonds is 3. The van der Waals surface area contributed by atoms with Crippen LogP contribution in [0, 0.1) is 13.8 Å². The molecule has 1 atom stereocenters. The van der Waals surface area contributed by atoms with Crippen LogP contribution in [-0.2, 0) is 6.54 Å². The summed E-state index contributed by atoms with van der Waals surface area (Å²) in [5.74, 6) is 1.10. The monoisotopic (exact) mass is 359 g/mol. The molecule has 2 N–H and O–H groups in total. The molecule has 1 aliphatic rings. The topological polar surface area (TPSA) is 71.3 Å². The number of aromatic nitrogens is 2. The van der Waals surface area contributed by atoms with Crippen LogP contribution in [0.25, 0.3) is 0 Å². The first-order valence-electron chi connectivity index (χ1n) is 8.89. The lowest BCUT2D eigenvalue weighted by Gasteiger charge is -2.31.